The maximum Gasteiger partial charge on any atom is 0.319 e. The maximum atomic E-state index is 11.7. The van der Waals surface area contributed by atoms with Gasteiger partial charge in [-0.1, -0.05) is 0 Å². The Hall–Kier alpha value is -1.39. The fraction of sp³-hybridized carbons (Fsp3) is 0.700. The van der Waals surface area contributed by atoms with Crippen LogP contribution in [0.3, 0.4) is 0 Å². The minimum atomic E-state index is -0.758. The highest BCUT2D eigenvalue weighted by atomic mass is 16.5. The largest absolute Gasteiger partial charge is 0.465 e. The first-order chi connectivity index (χ1) is 6.89. The summed E-state index contributed by atoms with van der Waals surface area (Å²) in [4.78, 5) is 16.0. The molecule has 0 atom stereocenters. The summed E-state index contributed by atoms with van der Waals surface area (Å²) in [5, 5.41) is 4.12. The molecule has 0 bridgehead atoms. The van der Waals surface area contributed by atoms with Crippen LogP contribution in [0.4, 0.5) is 0 Å². The van der Waals surface area contributed by atoms with Gasteiger partial charge in [0.2, 0.25) is 0 Å². The van der Waals surface area contributed by atoms with Gasteiger partial charge in [0.15, 0.2) is 0 Å². The minimum Gasteiger partial charge on any atom is -0.465 e. The molecule has 1 aromatic rings. The summed E-state index contributed by atoms with van der Waals surface area (Å²) >= 11 is 0. The highest BCUT2D eigenvalue weighted by molar-refractivity contribution is 5.81. The van der Waals surface area contributed by atoms with E-state index in [2.05, 4.69) is 10.1 Å². The Balaban J connectivity index is 3.04. The van der Waals surface area contributed by atoms with Crippen molar-refractivity contribution in [3.8, 4) is 0 Å². The Kier molecular flexibility index (Phi) is 3.12. The molecule has 0 spiro atoms. The molecule has 0 fully saturated rings. The van der Waals surface area contributed by atoms with Gasteiger partial charge in [-0.2, -0.15) is 5.10 Å². The van der Waals surface area contributed by atoms with Crippen molar-refractivity contribution < 1.29 is 9.53 Å². The lowest BCUT2D eigenvalue weighted by Gasteiger charge is -2.20. The minimum absolute atomic E-state index is 0.277. The number of esters is 1. The van der Waals surface area contributed by atoms with Gasteiger partial charge in [-0.25, -0.2) is 4.98 Å². The second-order valence-electron chi connectivity index (χ2n) is 3.95. The molecular weight excluding hydrogens is 194 g/mol. The van der Waals surface area contributed by atoms with Crippen LogP contribution in [-0.4, -0.2) is 27.3 Å². The van der Waals surface area contributed by atoms with E-state index in [9.17, 15) is 4.79 Å². The van der Waals surface area contributed by atoms with Crippen molar-refractivity contribution >= 4 is 5.97 Å². The van der Waals surface area contributed by atoms with Gasteiger partial charge in [0, 0.05) is 7.05 Å². The number of aryl methyl sites for hydroxylation is 2. The van der Waals surface area contributed by atoms with Crippen molar-refractivity contribution in [2.45, 2.75) is 33.1 Å². The van der Waals surface area contributed by atoms with Crippen molar-refractivity contribution in [3.05, 3.63) is 11.6 Å². The van der Waals surface area contributed by atoms with Crippen LogP contribution in [0.15, 0.2) is 0 Å². The van der Waals surface area contributed by atoms with Crippen LogP contribution in [0.25, 0.3) is 0 Å². The van der Waals surface area contributed by atoms with Crippen molar-refractivity contribution in [2.75, 3.05) is 6.61 Å². The Morgan fingerprint density at radius 3 is 2.53 bits per heavy atom. The van der Waals surface area contributed by atoms with Crippen molar-refractivity contribution in [3.63, 3.8) is 0 Å². The molecule has 1 heterocycles. The lowest BCUT2D eigenvalue weighted by atomic mass is 9.92. The molecule has 0 aromatic carbocycles. The number of rotatable bonds is 3. The van der Waals surface area contributed by atoms with Gasteiger partial charge in [0.1, 0.15) is 17.1 Å². The molecule has 0 unspecified atom stereocenters. The number of hydrogen-bond acceptors (Lipinski definition) is 4. The summed E-state index contributed by atoms with van der Waals surface area (Å²) in [7, 11) is 1.77. The van der Waals surface area contributed by atoms with E-state index in [0.29, 0.717) is 18.3 Å². The maximum absolute atomic E-state index is 11.7. The van der Waals surface area contributed by atoms with Gasteiger partial charge in [0.25, 0.3) is 0 Å². The zero-order valence-corrected chi connectivity index (χ0v) is 9.87. The van der Waals surface area contributed by atoms with E-state index in [0.717, 1.165) is 0 Å². The third kappa shape index (κ3) is 2.16. The predicted molar refractivity (Wildman–Crippen MR) is 55.4 cm³/mol. The molecule has 0 saturated carbocycles. The van der Waals surface area contributed by atoms with E-state index in [4.69, 9.17) is 4.74 Å². The normalized spacial score (nSPS) is 11.5. The van der Waals surface area contributed by atoms with Gasteiger partial charge >= 0.3 is 5.97 Å². The van der Waals surface area contributed by atoms with E-state index in [1.165, 1.54) is 0 Å². The van der Waals surface area contributed by atoms with Crippen LogP contribution in [0.5, 0.6) is 0 Å². The molecular formula is C10H17N3O2. The van der Waals surface area contributed by atoms with Crippen LogP contribution in [0.2, 0.25) is 0 Å². The molecule has 0 N–H and O–H groups in total. The van der Waals surface area contributed by atoms with E-state index in [1.54, 1.807) is 39.4 Å². The second kappa shape index (κ2) is 4.00. The highest BCUT2D eigenvalue weighted by Gasteiger charge is 2.36. The summed E-state index contributed by atoms with van der Waals surface area (Å²) in [6, 6.07) is 0. The summed E-state index contributed by atoms with van der Waals surface area (Å²) in [5.41, 5.74) is -0.758. The summed E-state index contributed by atoms with van der Waals surface area (Å²) in [6.45, 7) is 7.53. The van der Waals surface area contributed by atoms with Crippen LogP contribution in [-0.2, 0) is 22.0 Å². The average Bonchev–Trinajstić information content (AvgIpc) is 2.46. The van der Waals surface area contributed by atoms with Gasteiger partial charge in [-0.3, -0.25) is 9.48 Å². The molecule has 0 aliphatic rings. The molecule has 5 nitrogen and oxygen atoms in total. The summed E-state index contributed by atoms with van der Waals surface area (Å²) < 4.78 is 6.62. The SMILES string of the molecule is CCOC(=O)C(C)(C)c1nc(C)nn1C. The quantitative estimate of drug-likeness (QED) is 0.699. The first-order valence-electron chi connectivity index (χ1n) is 4.95. The number of hydrogen-bond donors (Lipinski definition) is 0. The second-order valence-corrected chi connectivity index (χ2v) is 3.95. The fourth-order valence-corrected chi connectivity index (χ4v) is 1.46. The van der Waals surface area contributed by atoms with Crippen LogP contribution in [0, 0.1) is 6.92 Å². The van der Waals surface area contributed by atoms with Crippen molar-refractivity contribution in [1.82, 2.24) is 14.8 Å². The van der Waals surface area contributed by atoms with Gasteiger partial charge < -0.3 is 4.74 Å². The van der Waals surface area contributed by atoms with E-state index in [1.807, 2.05) is 0 Å². The topological polar surface area (TPSA) is 57.0 Å². The number of aromatic nitrogens is 3. The molecule has 5 heteroatoms. The lowest BCUT2D eigenvalue weighted by molar-refractivity contribution is -0.149. The monoisotopic (exact) mass is 211 g/mol. The number of carbonyl (C=O) groups is 1. The molecule has 0 saturated heterocycles. The molecule has 0 aliphatic heterocycles. The molecule has 84 valence electrons. The number of carbonyl (C=O) groups excluding carboxylic acids is 1. The standard InChI is InChI=1S/C10H17N3O2/c1-6-15-9(14)10(3,4)8-11-7(2)12-13(8)5/h6H2,1-5H3. The first kappa shape index (κ1) is 11.7. The Morgan fingerprint density at radius 1 is 1.53 bits per heavy atom. The number of nitrogens with zero attached hydrogens (tertiary/aromatic N) is 3. The Bertz CT molecular complexity index is 369. The van der Waals surface area contributed by atoms with Crippen LogP contribution >= 0.6 is 0 Å². The summed E-state index contributed by atoms with van der Waals surface area (Å²) in [5.74, 6) is 1.00. The fourth-order valence-electron chi connectivity index (χ4n) is 1.46. The van der Waals surface area contributed by atoms with Crippen LogP contribution in [0.1, 0.15) is 32.4 Å². The van der Waals surface area contributed by atoms with Gasteiger partial charge in [0.05, 0.1) is 6.61 Å². The molecule has 0 aliphatic carbocycles. The van der Waals surface area contributed by atoms with Crippen molar-refractivity contribution in [1.29, 1.82) is 0 Å². The lowest BCUT2D eigenvalue weighted by Crippen LogP contribution is -2.34. The Labute approximate surface area is 89.5 Å². The third-order valence-electron chi connectivity index (χ3n) is 2.21. The van der Waals surface area contributed by atoms with Gasteiger partial charge in [-0.15, -0.1) is 0 Å². The smallest absolute Gasteiger partial charge is 0.319 e. The average molecular weight is 211 g/mol. The van der Waals surface area contributed by atoms with E-state index >= 15 is 0 Å². The zero-order valence-electron chi connectivity index (χ0n) is 9.87. The summed E-state index contributed by atoms with van der Waals surface area (Å²) in [6.07, 6.45) is 0. The van der Waals surface area contributed by atoms with E-state index < -0.39 is 5.41 Å². The Morgan fingerprint density at radius 2 is 2.13 bits per heavy atom. The molecule has 0 radical (unpaired) electrons. The molecule has 0 amide bonds. The molecule has 15 heavy (non-hydrogen) atoms. The highest BCUT2D eigenvalue weighted by Crippen LogP contribution is 2.22. The van der Waals surface area contributed by atoms with Crippen molar-refractivity contribution in [2.24, 2.45) is 7.05 Å². The molecule has 1 aromatic heterocycles. The van der Waals surface area contributed by atoms with Crippen LogP contribution < -0.4 is 0 Å². The predicted octanol–water partition coefficient (Wildman–Crippen LogP) is 0.964. The first-order valence-corrected chi connectivity index (χ1v) is 4.95. The van der Waals surface area contributed by atoms with Gasteiger partial charge in [-0.05, 0) is 27.7 Å². The molecule has 1 rings (SSSR count). The van der Waals surface area contributed by atoms with E-state index in [-0.39, 0.29) is 5.97 Å². The third-order valence-corrected chi connectivity index (χ3v) is 2.21. The number of ether oxygens (including phenoxy) is 1. The zero-order chi connectivity index (χ0) is 11.6.